The number of carbonyl (C=O) groups is 1. The normalized spacial score (nSPS) is 50.8. The number of allylic oxidation sites excluding steroid dienone is 2. The van der Waals surface area contributed by atoms with Crippen LogP contribution < -0.4 is 0 Å². The zero-order valence-corrected chi connectivity index (χ0v) is 16.9. The summed E-state index contributed by atoms with van der Waals surface area (Å²) in [5.74, 6) is 0.894. The second-order valence-corrected chi connectivity index (χ2v) is 9.89. The number of aliphatic hydroxyl groups excluding tert-OH is 4. The fourth-order valence-electron chi connectivity index (χ4n) is 6.69. The van der Waals surface area contributed by atoms with Gasteiger partial charge in [0.1, 0.15) is 24.4 Å². The molecule has 4 N–H and O–H groups in total. The van der Waals surface area contributed by atoms with Gasteiger partial charge >= 0.3 is 0 Å². The first-order valence-electron chi connectivity index (χ1n) is 10.2. The lowest BCUT2D eigenvalue weighted by Gasteiger charge is -2.70. The largest absolute Gasteiger partial charge is 0.394 e. The van der Waals surface area contributed by atoms with Gasteiger partial charge in [-0.15, -0.1) is 0 Å². The zero-order valence-electron chi connectivity index (χ0n) is 16.9. The van der Waals surface area contributed by atoms with Crippen LogP contribution in [0.1, 0.15) is 40.5 Å². The summed E-state index contributed by atoms with van der Waals surface area (Å²) < 4.78 is 11.7. The van der Waals surface area contributed by atoms with Crippen molar-refractivity contribution in [2.75, 3.05) is 6.61 Å². The summed E-state index contributed by atoms with van der Waals surface area (Å²) in [6.45, 7) is 7.63. The molecule has 10 atom stereocenters. The van der Waals surface area contributed by atoms with Crippen LogP contribution in [0, 0.1) is 29.1 Å². The Kier molecular flexibility index (Phi) is 4.81. The number of hydrogen-bond acceptors (Lipinski definition) is 7. The lowest BCUT2D eigenvalue weighted by Crippen LogP contribution is -2.69. The molecule has 0 aromatic carbocycles. The highest BCUT2D eigenvalue weighted by Gasteiger charge is 2.70. The van der Waals surface area contributed by atoms with Crippen molar-refractivity contribution in [2.45, 2.75) is 76.8 Å². The number of hydrogen-bond donors (Lipinski definition) is 4. The van der Waals surface area contributed by atoms with E-state index in [1.807, 2.05) is 20.8 Å². The number of fused-ring (bicyclic) bond motifs is 1. The highest BCUT2D eigenvalue weighted by atomic mass is 16.7. The summed E-state index contributed by atoms with van der Waals surface area (Å²) in [5.41, 5.74) is 0.471. The number of ketones is 1. The third-order valence-corrected chi connectivity index (χ3v) is 7.98. The van der Waals surface area contributed by atoms with Crippen molar-refractivity contribution in [3.05, 3.63) is 11.6 Å². The Morgan fingerprint density at radius 3 is 2.50 bits per heavy atom. The molecule has 7 nitrogen and oxygen atoms in total. The highest BCUT2D eigenvalue weighted by molar-refractivity contribution is 5.96. The minimum atomic E-state index is -1.46. The SMILES string of the molecule is CC1=CC(=O)[C@@H]2C3C1[C@@]2(C)CC[C@@H]3C(C)(C)O[C@@H]1O[C@H](CO)[C@@H](O)[C@H](O)[C@H]1O. The molecule has 0 radical (unpaired) electrons. The number of aliphatic hydroxyl groups is 4. The van der Waals surface area contributed by atoms with Crippen LogP contribution in [0.25, 0.3) is 0 Å². The summed E-state index contributed by atoms with van der Waals surface area (Å²) in [6, 6.07) is 0. The molecule has 0 spiro atoms. The predicted molar refractivity (Wildman–Crippen MR) is 99.0 cm³/mol. The maximum atomic E-state index is 12.7. The van der Waals surface area contributed by atoms with E-state index in [1.165, 1.54) is 0 Å². The van der Waals surface area contributed by atoms with Crippen LogP contribution in [0.15, 0.2) is 11.6 Å². The first-order valence-corrected chi connectivity index (χ1v) is 10.2. The van der Waals surface area contributed by atoms with Gasteiger partial charge in [0, 0.05) is 5.92 Å². The molecule has 2 saturated carbocycles. The van der Waals surface area contributed by atoms with Gasteiger partial charge in [0.25, 0.3) is 0 Å². The van der Waals surface area contributed by atoms with Crippen LogP contribution in [0.3, 0.4) is 0 Å². The van der Waals surface area contributed by atoms with Crippen LogP contribution in [-0.2, 0) is 14.3 Å². The molecular formula is C21H32O7. The lowest BCUT2D eigenvalue weighted by molar-refractivity contribution is -0.338. The molecule has 0 aromatic rings. The van der Waals surface area contributed by atoms with E-state index in [9.17, 15) is 25.2 Å². The Balaban J connectivity index is 1.55. The molecule has 1 saturated heterocycles. The summed E-state index contributed by atoms with van der Waals surface area (Å²) in [6.07, 6.45) is -2.79. The standard InChI is InChI=1S/C21H32O7/c1-9-7-11(23)15-13-10(5-6-21(15,4)14(9)13)20(2,3)28-19-18(26)17(25)16(24)12(8-22)27-19/h7,10,12-19,22,24-26H,5-6,8H2,1-4H3/t10-,12+,13?,14?,15+,16+,17-,18+,19-,21+/m0/s1. The van der Waals surface area contributed by atoms with Crippen molar-refractivity contribution in [1.82, 2.24) is 0 Å². The molecule has 28 heavy (non-hydrogen) atoms. The molecule has 0 aromatic heterocycles. The van der Waals surface area contributed by atoms with Gasteiger partial charge in [-0.2, -0.15) is 0 Å². The number of ether oxygens (including phenoxy) is 2. The van der Waals surface area contributed by atoms with E-state index in [-0.39, 0.29) is 29.0 Å². The topological polar surface area (TPSA) is 116 Å². The van der Waals surface area contributed by atoms with Gasteiger partial charge in [-0.05, 0) is 62.9 Å². The summed E-state index contributed by atoms with van der Waals surface area (Å²) in [4.78, 5) is 12.7. The Labute approximate surface area is 165 Å². The van der Waals surface area contributed by atoms with Gasteiger partial charge in [-0.25, -0.2) is 0 Å². The second-order valence-electron chi connectivity index (χ2n) is 9.89. The monoisotopic (exact) mass is 396 g/mol. The lowest BCUT2D eigenvalue weighted by atomic mass is 9.34. The highest BCUT2D eigenvalue weighted by Crippen LogP contribution is 2.71. The molecule has 1 heterocycles. The molecule has 3 fully saturated rings. The van der Waals surface area contributed by atoms with E-state index in [2.05, 4.69) is 6.92 Å². The molecule has 4 aliphatic carbocycles. The molecule has 2 unspecified atom stereocenters. The first-order chi connectivity index (χ1) is 13.0. The van der Waals surface area contributed by atoms with Crippen LogP contribution in [0.4, 0.5) is 0 Å². The minimum absolute atomic E-state index is 0.0117. The minimum Gasteiger partial charge on any atom is -0.394 e. The third kappa shape index (κ3) is 2.67. The van der Waals surface area contributed by atoms with Gasteiger partial charge in [0.15, 0.2) is 12.1 Å². The second kappa shape index (κ2) is 6.59. The van der Waals surface area contributed by atoms with E-state index >= 15 is 0 Å². The molecule has 7 heteroatoms. The fourth-order valence-corrected chi connectivity index (χ4v) is 6.69. The maximum absolute atomic E-state index is 12.7. The summed E-state index contributed by atoms with van der Waals surface area (Å²) in [7, 11) is 0. The molecule has 1 aliphatic heterocycles. The first kappa shape index (κ1) is 20.4. The van der Waals surface area contributed by atoms with E-state index in [4.69, 9.17) is 9.47 Å². The molecule has 0 amide bonds. The molecule has 158 valence electrons. The van der Waals surface area contributed by atoms with Gasteiger partial charge in [0.2, 0.25) is 0 Å². The van der Waals surface area contributed by atoms with Crippen LogP contribution in [-0.4, -0.2) is 69.1 Å². The van der Waals surface area contributed by atoms with Crippen molar-refractivity contribution in [1.29, 1.82) is 0 Å². The average molecular weight is 396 g/mol. The quantitative estimate of drug-likeness (QED) is 0.543. The molecule has 5 rings (SSSR count). The van der Waals surface area contributed by atoms with Crippen molar-refractivity contribution in [3.63, 3.8) is 0 Å². The van der Waals surface area contributed by atoms with E-state index < -0.39 is 42.9 Å². The third-order valence-electron chi connectivity index (χ3n) is 7.98. The van der Waals surface area contributed by atoms with E-state index in [0.717, 1.165) is 18.4 Å². The Bertz CT molecular complexity index is 686. The van der Waals surface area contributed by atoms with Crippen LogP contribution in [0.5, 0.6) is 0 Å². The Hall–Kier alpha value is -0.830. The Morgan fingerprint density at radius 2 is 1.89 bits per heavy atom. The number of carbonyl (C=O) groups excluding carboxylic acids is 1. The average Bonchev–Trinajstić information content (AvgIpc) is 2.61. The van der Waals surface area contributed by atoms with Gasteiger partial charge < -0.3 is 29.9 Å². The van der Waals surface area contributed by atoms with Crippen molar-refractivity contribution in [3.8, 4) is 0 Å². The van der Waals surface area contributed by atoms with Gasteiger partial charge in [-0.1, -0.05) is 12.5 Å². The van der Waals surface area contributed by atoms with Crippen molar-refractivity contribution >= 4 is 5.78 Å². The van der Waals surface area contributed by atoms with Crippen molar-refractivity contribution < 1.29 is 34.7 Å². The Morgan fingerprint density at radius 1 is 1.21 bits per heavy atom. The summed E-state index contributed by atoms with van der Waals surface area (Å²) in [5, 5.41) is 39.8. The van der Waals surface area contributed by atoms with Crippen molar-refractivity contribution in [2.24, 2.45) is 29.1 Å². The molecule has 5 aliphatic rings. The van der Waals surface area contributed by atoms with E-state index in [0.29, 0.717) is 5.92 Å². The van der Waals surface area contributed by atoms with Gasteiger partial charge in [-0.3, -0.25) is 4.79 Å². The molecule has 4 bridgehead atoms. The number of rotatable bonds is 4. The van der Waals surface area contributed by atoms with E-state index in [1.54, 1.807) is 6.08 Å². The van der Waals surface area contributed by atoms with Crippen LogP contribution >= 0.6 is 0 Å². The summed E-state index contributed by atoms with van der Waals surface area (Å²) >= 11 is 0. The fraction of sp³-hybridized carbons (Fsp3) is 0.857. The smallest absolute Gasteiger partial charge is 0.187 e. The predicted octanol–water partition coefficient (Wildman–Crippen LogP) is 0.389. The molecular weight excluding hydrogens is 364 g/mol. The zero-order chi connectivity index (χ0) is 20.6. The maximum Gasteiger partial charge on any atom is 0.187 e. The van der Waals surface area contributed by atoms with Crippen LogP contribution in [0.2, 0.25) is 0 Å². The van der Waals surface area contributed by atoms with Gasteiger partial charge in [0.05, 0.1) is 12.2 Å².